The topological polar surface area (TPSA) is 556 Å². The van der Waals surface area contributed by atoms with E-state index < -0.39 is 156 Å². The lowest BCUT2D eigenvalue weighted by Crippen LogP contribution is -2.31. The normalized spacial score (nSPS) is 26.5. The molecule has 0 spiro atoms. The van der Waals surface area contributed by atoms with E-state index in [0.717, 1.165) is 96.3 Å². The molecule has 3 aromatic carbocycles. The Hall–Kier alpha value is -8.07. The highest BCUT2D eigenvalue weighted by atomic mass is 35.9. The first-order valence-electron chi connectivity index (χ1n) is 45.9. The number of hydrogen-bond donors (Lipinski definition) is 14. The number of nitrogens with zero attached hydrogens (tertiary/aromatic N) is 16. The molecular weight excluding hydrogens is 1990 g/mol. The number of imidazole rings is 4. The van der Waals surface area contributed by atoms with Crippen LogP contribution in [0.1, 0.15) is 224 Å². The molecule has 40 nitrogen and oxygen atoms in total. The molecule has 4 aliphatic heterocycles. The minimum absolute atomic E-state index is 0.0356. The highest BCUT2D eigenvalue weighted by Gasteiger charge is 2.51. The number of anilines is 4. The third kappa shape index (κ3) is 25.3. The quantitative estimate of drug-likeness (QED) is 0.0118. The number of fused-ring (bicyclic) bond motifs is 4. The molecule has 8 aliphatic rings. The molecule has 4 aliphatic carbocycles. The van der Waals surface area contributed by atoms with Gasteiger partial charge < -0.3 is 95.2 Å². The summed E-state index contributed by atoms with van der Waals surface area (Å²) < 4.78 is 137. The number of aliphatic hydroxyl groups excluding tert-OH is 7. The predicted octanol–water partition coefficient (Wildman–Crippen LogP) is 14.9. The number of hydrogen-bond acceptors (Lipinski definition) is 33. The van der Waals surface area contributed by atoms with E-state index in [2.05, 4.69) is 81.1 Å². The van der Waals surface area contributed by atoms with Crippen LogP contribution in [0, 0.1) is 5.92 Å². The summed E-state index contributed by atoms with van der Waals surface area (Å²) in [4.78, 5) is 92.4. The molecule has 0 bridgehead atoms. The SMILES string of the molecule is CC[C@H]1O[C@@H](n2cnc3c(NC4CCCC4)nc(C(O)c4ccccc4)nc32)[C@@H](F)[C@@H]1O.CC[C@H]1O[C@@H](n2cnc3c(NC4CCCC4)nc(C=O)nc32)[C@@H](F)[C@@H]1C.O=P(Cl)(Cl)CP(=O)(Cl)Cl.O=P(O)(O)CP(=O)(O)OC[C@H]1O[C@@H](n2cnc3c(NC4CCCC4)nc(C(O)c4ccccc4)nc32)[C@@H](F)[C@@H]1O.OC[C@H]1O[C@@H](n2cnc3c(NC4CCCC4)nc(C(O)c4ccccc4)nc32)[C@@H](F)[C@@H]1O. The van der Waals surface area contributed by atoms with Crippen LogP contribution in [0.4, 0.5) is 40.8 Å². The van der Waals surface area contributed by atoms with Gasteiger partial charge in [0, 0.05) is 30.1 Å². The Kier molecular flexibility index (Phi) is 34.7. The largest absolute Gasteiger partial charge is 0.394 e. The van der Waals surface area contributed by atoms with E-state index in [1.54, 1.807) is 59.2 Å². The molecule has 4 saturated heterocycles. The third-order valence-corrected chi connectivity index (χ3v) is 35.4. The molecule has 14 N–H and O–H groups in total. The molecule has 0 amide bonds. The average molecular weight is 2100 g/mol. The van der Waals surface area contributed by atoms with E-state index in [-0.39, 0.29) is 64.7 Å². The molecule has 0 radical (unpaired) electrons. The number of nitrogens with one attached hydrogen (secondary N) is 4. The van der Waals surface area contributed by atoms with Crippen molar-refractivity contribution < 1.29 is 115 Å². The van der Waals surface area contributed by atoms with Crippen molar-refractivity contribution >= 4 is 146 Å². The van der Waals surface area contributed by atoms with E-state index in [1.807, 2.05) is 57.2 Å². The van der Waals surface area contributed by atoms with Crippen LogP contribution in [0.3, 0.4) is 0 Å². The minimum Gasteiger partial charge on any atom is -0.394 e. The number of aromatic nitrogens is 16. The number of halogens is 8. The van der Waals surface area contributed by atoms with Crippen LogP contribution in [-0.2, 0) is 41.7 Å². The Balaban J connectivity index is 0.000000137. The van der Waals surface area contributed by atoms with Gasteiger partial charge >= 0.3 is 15.2 Å². The van der Waals surface area contributed by atoms with E-state index in [9.17, 15) is 76.9 Å². The van der Waals surface area contributed by atoms with Gasteiger partial charge in [-0.15, -0.1) is 0 Å². The Morgan fingerprint density at radius 3 is 1.01 bits per heavy atom. The third-order valence-electron chi connectivity index (χ3n) is 25.5. The highest BCUT2D eigenvalue weighted by Crippen LogP contribution is 2.72. The minimum atomic E-state index is -4.87. The molecule has 754 valence electrons. The van der Waals surface area contributed by atoms with Gasteiger partial charge in [0.2, 0.25) is 0 Å². The monoisotopic (exact) mass is 2090 g/mol. The molecule has 12 heterocycles. The number of aliphatic hydroxyl groups is 7. The Morgan fingerprint density at radius 1 is 0.432 bits per heavy atom. The number of carbonyl (C=O) groups excluding carboxylic acids is 1. The lowest BCUT2D eigenvalue weighted by Gasteiger charge is -2.19. The molecule has 19 rings (SSSR count). The number of ether oxygens (including phenoxy) is 4. The fourth-order valence-corrected chi connectivity index (χ4v) is 29.8. The summed E-state index contributed by atoms with van der Waals surface area (Å²) in [7, 11) is -9.63. The zero-order valence-corrected chi connectivity index (χ0v) is 82.0. The van der Waals surface area contributed by atoms with Crippen LogP contribution in [0.15, 0.2) is 116 Å². The molecule has 4 saturated carbocycles. The maximum absolute atomic E-state index is 15.3. The van der Waals surface area contributed by atoms with Gasteiger partial charge in [0.05, 0.1) is 50.7 Å². The second kappa shape index (κ2) is 45.9. The Labute approximate surface area is 813 Å². The summed E-state index contributed by atoms with van der Waals surface area (Å²) in [6.07, 6.45) is 2.42. The summed E-state index contributed by atoms with van der Waals surface area (Å²) in [5, 5.41) is 86.7. The maximum Gasteiger partial charge on any atom is 0.340 e. The second-order valence-electron chi connectivity index (χ2n) is 35.5. The molecule has 11 aromatic rings. The summed E-state index contributed by atoms with van der Waals surface area (Å²) in [5.74, 6) is -6.58. The number of benzene rings is 3. The molecule has 139 heavy (non-hydrogen) atoms. The van der Waals surface area contributed by atoms with Crippen LogP contribution in [0.5, 0.6) is 0 Å². The fourth-order valence-electron chi connectivity index (χ4n) is 18.3. The van der Waals surface area contributed by atoms with Gasteiger partial charge in [-0.25, -0.2) is 77.4 Å². The molecule has 8 aromatic heterocycles. The lowest BCUT2D eigenvalue weighted by molar-refractivity contribution is -0.0459. The first kappa shape index (κ1) is 105. The summed E-state index contributed by atoms with van der Waals surface area (Å²) in [6, 6.07) is 27.9. The maximum atomic E-state index is 15.3. The average Bonchev–Trinajstić information content (AvgIpc) is 1.65. The molecule has 8 fully saturated rings. The first-order chi connectivity index (χ1) is 66.4. The number of aldehydes is 1. The van der Waals surface area contributed by atoms with Crippen molar-refractivity contribution in [3.63, 3.8) is 0 Å². The zero-order chi connectivity index (χ0) is 99.1. The summed E-state index contributed by atoms with van der Waals surface area (Å²) in [6.45, 7) is 4.37. The van der Waals surface area contributed by atoms with Crippen molar-refractivity contribution in [2.75, 3.05) is 46.3 Å². The molecule has 52 heteroatoms. The van der Waals surface area contributed by atoms with E-state index in [4.69, 9.17) is 78.2 Å². The smallest absolute Gasteiger partial charge is 0.340 e. The summed E-state index contributed by atoms with van der Waals surface area (Å²) >= 11 is 20.0. The number of rotatable bonds is 29. The van der Waals surface area contributed by atoms with Gasteiger partial charge in [-0.05, 0) is 126 Å². The molecule has 20 atom stereocenters. The molecular formula is C87H110Cl4F4N20O20P4. The first-order valence-corrected chi connectivity index (χ1v) is 56.8. The zero-order valence-electron chi connectivity index (χ0n) is 75.4. The van der Waals surface area contributed by atoms with Crippen molar-refractivity contribution in [3.05, 3.63) is 156 Å². The van der Waals surface area contributed by atoms with Gasteiger partial charge in [0.25, 0.3) is 11.7 Å². The van der Waals surface area contributed by atoms with Crippen molar-refractivity contribution in [1.82, 2.24) is 78.1 Å². The van der Waals surface area contributed by atoms with Crippen LogP contribution >= 0.6 is 71.8 Å². The van der Waals surface area contributed by atoms with E-state index in [1.165, 1.54) is 51.9 Å². The molecule has 4 unspecified atom stereocenters. The van der Waals surface area contributed by atoms with E-state index >= 15 is 4.39 Å². The van der Waals surface area contributed by atoms with Crippen LogP contribution in [-0.4, -0.2) is 251 Å². The van der Waals surface area contributed by atoms with Gasteiger partial charge in [-0.2, -0.15) is 0 Å². The van der Waals surface area contributed by atoms with Gasteiger partial charge in [-0.1, -0.05) is 163 Å². The van der Waals surface area contributed by atoms with Crippen LogP contribution < -0.4 is 21.3 Å². The number of alkyl halides is 4. The van der Waals surface area contributed by atoms with Gasteiger partial charge in [0.15, 0.2) is 153 Å². The Bertz CT molecular complexity index is 6010. The van der Waals surface area contributed by atoms with E-state index in [0.29, 0.717) is 92.1 Å². The standard InChI is InChI=1S/C23H30FN5O9P2.C23H28FN5O3.C22H26FN5O4.C18H24FN5O2.CH2Cl4O2P2/c24-16-19(31)15(10-37-40(35,36)12-39(32,33)34)38-23(16)29-11-25-17-20(26-14-8-4-5-9-14)27-21(28-22(17)29)18(30)13-6-2-1-3-7-13;1-2-15-19(31)16(24)23(32-15)29-12-25-17-20(26-14-10-6-7-11-14)27-21(28-22(17)29)18(30)13-8-4-3-5-9-13;23-15-18(31)14(10-29)32-22(15)28-11-24-16-19(25-13-8-4-5-9-13)26-20(27-21(16)28)17(30)12-6-2-1-3-7-12;1-3-12-10(2)14(19)18(26-12)24-9-20-15-16(21-11-6-4-5-7-11)22-13(8-25)23-17(15)24;2-8(3,6)1-9(4,5)7/h1-3,6-7,11,14-16,18-19,23,30-31H,4-5,8-10,12H2,(H,35,36)(H,26,27,28)(H2,32,33,34);3-5,8-9,12,14-16,18-19,23,30-31H,2,6-7,10-11H2,1H3,(H,26,27,28);1-3,6-7,11,13-15,17-18,22,29-31H,4-5,8-10H2,(H,25,26,27);8-12,14,18H,3-7H2,1-2H3,(H,21,22,23);1H2/t2*15-,16+,18?,19-,23-;14-,15+,17?,18-,22-;10-,12-,14+,18-;/m1111./s1. The predicted molar refractivity (Wildman–Crippen MR) is 508 cm³/mol. The second-order valence-corrected chi connectivity index (χ2v) is 50.5. The van der Waals surface area contributed by atoms with Gasteiger partial charge in [0.1, 0.15) is 54.7 Å². The number of carbonyl (C=O) groups is 1. The van der Waals surface area contributed by atoms with Gasteiger partial charge in [-0.3, -0.25) is 41.3 Å². The summed E-state index contributed by atoms with van der Waals surface area (Å²) in [5.41, 5.74) is 4.78. The van der Waals surface area contributed by atoms with Crippen LogP contribution in [0.2, 0.25) is 0 Å². The van der Waals surface area contributed by atoms with Crippen molar-refractivity contribution in [1.29, 1.82) is 0 Å². The Morgan fingerprint density at radius 2 is 0.727 bits per heavy atom. The van der Waals surface area contributed by atoms with Crippen molar-refractivity contribution in [2.45, 2.75) is 271 Å². The van der Waals surface area contributed by atoms with Crippen LogP contribution in [0.25, 0.3) is 44.7 Å². The highest BCUT2D eigenvalue weighted by molar-refractivity contribution is 8.21. The van der Waals surface area contributed by atoms with Crippen molar-refractivity contribution in [3.8, 4) is 0 Å². The lowest BCUT2D eigenvalue weighted by atomic mass is 10.00. The fraction of sp³-hybridized carbons (Fsp3) is 0.552. The van der Waals surface area contributed by atoms with Crippen molar-refractivity contribution in [2.24, 2.45) is 5.92 Å².